The highest BCUT2D eigenvalue weighted by Gasteiger charge is 2.47. The van der Waals surface area contributed by atoms with Gasteiger partial charge in [-0.05, 0) is 44.4 Å². The van der Waals surface area contributed by atoms with Gasteiger partial charge in [-0.25, -0.2) is 9.69 Å². The van der Waals surface area contributed by atoms with Gasteiger partial charge in [0.2, 0.25) is 0 Å². The normalized spacial score (nSPS) is 18.0. The van der Waals surface area contributed by atoms with Gasteiger partial charge in [0.15, 0.2) is 0 Å². The van der Waals surface area contributed by atoms with E-state index in [4.69, 9.17) is 4.74 Å². The van der Waals surface area contributed by atoms with E-state index in [0.717, 1.165) is 34.0 Å². The summed E-state index contributed by atoms with van der Waals surface area (Å²) in [5.74, 6) is -0.691. The minimum atomic E-state index is -0.737. The predicted molar refractivity (Wildman–Crippen MR) is 90.7 cm³/mol. The van der Waals surface area contributed by atoms with Crippen molar-refractivity contribution in [2.24, 2.45) is 0 Å². The number of ether oxygens (including phenoxy) is 1. The number of benzene rings is 1. The van der Waals surface area contributed by atoms with Crippen molar-refractivity contribution in [1.29, 1.82) is 0 Å². The summed E-state index contributed by atoms with van der Waals surface area (Å²) in [5, 5.41) is 0. The molecule has 7 nitrogen and oxygen atoms in total. The molecule has 25 heavy (non-hydrogen) atoms. The molecular weight excluding hydrogens is 322 g/mol. The number of hydrogen-bond acceptors (Lipinski definition) is 5. The van der Waals surface area contributed by atoms with Crippen molar-refractivity contribution < 1.29 is 19.1 Å². The Morgan fingerprint density at radius 1 is 1.12 bits per heavy atom. The van der Waals surface area contributed by atoms with Crippen LogP contribution in [0.4, 0.5) is 4.79 Å². The number of amides is 4. The Balaban J connectivity index is 1.72. The van der Waals surface area contributed by atoms with Crippen LogP contribution in [0.1, 0.15) is 32.3 Å². The first-order valence-electron chi connectivity index (χ1n) is 8.48. The Hall–Kier alpha value is -2.41. The Morgan fingerprint density at radius 2 is 1.76 bits per heavy atom. The topological polar surface area (TPSA) is 70.2 Å². The van der Waals surface area contributed by atoms with Crippen molar-refractivity contribution >= 4 is 17.8 Å². The number of carbonyl (C=O) groups excluding carboxylic acids is 3. The van der Waals surface area contributed by atoms with Gasteiger partial charge < -0.3 is 4.74 Å². The van der Waals surface area contributed by atoms with Crippen molar-refractivity contribution in [3.05, 3.63) is 29.8 Å². The maximum Gasteiger partial charge on any atom is 0.335 e. The summed E-state index contributed by atoms with van der Waals surface area (Å²) in [7, 11) is 1.62. The van der Waals surface area contributed by atoms with Gasteiger partial charge in [0.1, 0.15) is 5.75 Å². The molecule has 1 aromatic rings. The second-order valence-electron chi connectivity index (χ2n) is 6.75. The van der Waals surface area contributed by atoms with Crippen LogP contribution in [0.25, 0.3) is 0 Å². The van der Waals surface area contributed by atoms with E-state index in [9.17, 15) is 14.4 Å². The summed E-state index contributed by atoms with van der Waals surface area (Å²) in [4.78, 5) is 40.9. The van der Waals surface area contributed by atoms with Crippen molar-refractivity contribution in [2.75, 3.05) is 13.8 Å². The minimum absolute atomic E-state index is 0.142. The molecule has 0 aromatic heterocycles. The lowest BCUT2D eigenvalue weighted by Gasteiger charge is -2.26. The second kappa shape index (κ2) is 6.84. The van der Waals surface area contributed by atoms with Crippen molar-refractivity contribution in [1.82, 2.24) is 14.7 Å². The van der Waals surface area contributed by atoms with Gasteiger partial charge in [-0.15, -0.1) is 0 Å². The summed E-state index contributed by atoms with van der Waals surface area (Å²) in [6, 6.07) is 7.19. The number of carbonyl (C=O) groups is 3. The molecule has 4 amide bonds. The molecule has 1 saturated heterocycles. The van der Waals surface area contributed by atoms with E-state index in [-0.39, 0.29) is 12.7 Å². The zero-order valence-electron chi connectivity index (χ0n) is 14.8. The van der Waals surface area contributed by atoms with Gasteiger partial charge >= 0.3 is 17.8 Å². The van der Waals surface area contributed by atoms with Crippen LogP contribution in [0, 0.1) is 0 Å². The Bertz CT molecular complexity index is 682. The Morgan fingerprint density at radius 3 is 2.24 bits per heavy atom. The van der Waals surface area contributed by atoms with E-state index >= 15 is 0 Å². The molecule has 1 aromatic carbocycles. The molecule has 2 fully saturated rings. The van der Waals surface area contributed by atoms with E-state index in [1.165, 1.54) is 0 Å². The zero-order chi connectivity index (χ0) is 18.1. The van der Waals surface area contributed by atoms with E-state index in [0.29, 0.717) is 12.6 Å². The highest BCUT2D eigenvalue weighted by molar-refractivity contribution is 6.44. The molecule has 0 radical (unpaired) electrons. The van der Waals surface area contributed by atoms with Gasteiger partial charge in [-0.3, -0.25) is 19.4 Å². The summed E-state index contributed by atoms with van der Waals surface area (Å²) in [5.41, 5.74) is 1.07. The highest BCUT2D eigenvalue weighted by Crippen LogP contribution is 2.30. The molecule has 1 saturated carbocycles. The van der Waals surface area contributed by atoms with Gasteiger partial charge in [-0.1, -0.05) is 12.1 Å². The third-order valence-corrected chi connectivity index (χ3v) is 4.53. The average Bonchev–Trinajstić information content (AvgIpc) is 3.40. The van der Waals surface area contributed by atoms with Gasteiger partial charge in [0, 0.05) is 18.6 Å². The van der Waals surface area contributed by atoms with Crippen molar-refractivity contribution in [2.45, 2.75) is 45.3 Å². The summed E-state index contributed by atoms with van der Waals surface area (Å²) in [6.07, 6.45) is 2.07. The highest BCUT2D eigenvalue weighted by atomic mass is 16.5. The molecule has 0 spiro atoms. The molecule has 134 valence electrons. The third-order valence-electron chi connectivity index (χ3n) is 4.53. The van der Waals surface area contributed by atoms with Crippen LogP contribution < -0.4 is 4.74 Å². The molecule has 1 aliphatic heterocycles. The number of rotatable bonds is 7. The third kappa shape index (κ3) is 3.51. The fourth-order valence-electron chi connectivity index (χ4n) is 2.98. The standard InChI is InChI=1S/C18H23N3O4/c1-12(2)21-17(23)16(22)20(18(21)24)11-19(14-6-7-14)10-13-4-8-15(25-3)9-5-13/h4-5,8-9,12,14H,6-7,10-11H2,1-3H3. The number of nitrogens with zero attached hydrogens (tertiary/aromatic N) is 3. The number of urea groups is 1. The van der Waals surface area contributed by atoms with Crippen LogP contribution >= 0.6 is 0 Å². The first-order valence-corrected chi connectivity index (χ1v) is 8.48. The van der Waals surface area contributed by atoms with Crippen molar-refractivity contribution in [3.63, 3.8) is 0 Å². The largest absolute Gasteiger partial charge is 0.497 e. The molecule has 7 heteroatoms. The predicted octanol–water partition coefficient (Wildman–Crippen LogP) is 1.82. The molecule has 2 aliphatic rings. The van der Waals surface area contributed by atoms with E-state index in [1.54, 1.807) is 21.0 Å². The van der Waals surface area contributed by atoms with E-state index in [2.05, 4.69) is 4.90 Å². The lowest BCUT2D eigenvalue weighted by Crippen LogP contribution is -2.43. The monoisotopic (exact) mass is 345 g/mol. The number of methoxy groups -OCH3 is 1. The quantitative estimate of drug-likeness (QED) is 0.557. The summed E-state index contributed by atoms with van der Waals surface area (Å²) < 4.78 is 5.16. The summed E-state index contributed by atoms with van der Waals surface area (Å²) >= 11 is 0. The van der Waals surface area contributed by atoms with Crippen LogP contribution in [-0.4, -0.2) is 58.4 Å². The zero-order valence-corrected chi connectivity index (χ0v) is 14.8. The van der Waals surface area contributed by atoms with Crippen LogP contribution in [0.15, 0.2) is 24.3 Å². The van der Waals surface area contributed by atoms with Crippen LogP contribution in [0.2, 0.25) is 0 Å². The summed E-state index contributed by atoms with van der Waals surface area (Å²) in [6.45, 7) is 4.20. The molecule has 1 heterocycles. The maximum atomic E-state index is 12.4. The van der Waals surface area contributed by atoms with Crippen molar-refractivity contribution in [3.8, 4) is 5.75 Å². The van der Waals surface area contributed by atoms with Crippen LogP contribution in [-0.2, 0) is 16.1 Å². The molecule has 0 N–H and O–H groups in total. The fourth-order valence-corrected chi connectivity index (χ4v) is 2.98. The molecule has 3 rings (SSSR count). The fraction of sp³-hybridized carbons (Fsp3) is 0.500. The Kier molecular flexibility index (Phi) is 4.76. The maximum absolute atomic E-state index is 12.4. The minimum Gasteiger partial charge on any atom is -0.497 e. The van der Waals surface area contributed by atoms with E-state index < -0.39 is 17.8 Å². The first-order chi connectivity index (χ1) is 11.9. The van der Waals surface area contributed by atoms with Gasteiger partial charge in [0.05, 0.1) is 13.8 Å². The number of imide groups is 2. The molecule has 0 atom stereocenters. The van der Waals surface area contributed by atoms with Crippen LogP contribution in [0.3, 0.4) is 0 Å². The Labute approximate surface area is 147 Å². The molecular formula is C18H23N3O4. The van der Waals surface area contributed by atoms with E-state index in [1.807, 2.05) is 24.3 Å². The SMILES string of the molecule is COc1ccc(CN(CN2C(=O)C(=O)N(C(C)C)C2=O)C2CC2)cc1. The number of hydrogen-bond donors (Lipinski definition) is 0. The average molecular weight is 345 g/mol. The smallest absolute Gasteiger partial charge is 0.335 e. The van der Waals surface area contributed by atoms with Gasteiger partial charge in [0.25, 0.3) is 0 Å². The lowest BCUT2D eigenvalue weighted by atomic mass is 10.2. The van der Waals surface area contributed by atoms with Crippen LogP contribution in [0.5, 0.6) is 5.75 Å². The first kappa shape index (κ1) is 17.4. The van der Waals surface area contributed by atoms with Gasteiger partial charge in [-0.2, -0.15) is 0 Å². The molecule has 1 aliphatic carbocycles. The molecule has 0 bridgehead atoms. The molecule has 0 unspecified atom stereocenters. The second-order valence-corrected chi connectivity index (χ2v) is 6.75. The lowest BCUT2D eigenvalue weighted by molar-refractivity contribution is -0.144.